The molecule has 7 nitrogen and oxygen atoms in total. The first-order chi connectivity index (χ1) is 14.4. The monoisotopic (exact) mass is 430 g/mol. The largest absolute Gasteiger partial charge is 0.493 e. The summed E-state index contributed by atoms with van der Waals surface area (Å²) in [6, 6.07) is 5.56. The smallest absolute Gasteiger partial charge is 0.245 e. The maximum Gasteiger partial charge on any atom is 0.245 e. The third-order valence-corrected chi connectivity index (χ3v) is 5.87. The standard InChI is InChI=1S/C22H30N4O3S/c1-14-10-15(2)24-22(23-14)25-18(7-9-30-5)21(27)26-8-6-16-11-19(28-3)20(29-4)12-17(16)13-26/h10-12,18H,6-9,13H2,1-5H3,(H,23,24,25)/t18-/m0/s1. The van der Waals surface area contributed by atoms with Crippen LogP contribution in [0.2, 0.25) is 0 Å². The topological polar surface area (TPSA) is 76.6 Å². The molecule has 1 amide bonds. The zero-order valence-corrected chi connectivity index (χ0v) is 19.1. The number of nitrogens with zero attached hydrogens (tertiary/aromatic N) is 3. The van der Waals surface area contributed by atoms with Gasteiger partial charge in [0, 0.05) is 24.5 Å². The molecule has 0 spiro atoms. The summed E-state index contributed by atoms with van der Waals surface area (Å²) < 4.78 is 10.9. The molecular formula is C22H30N4O3S. The van der Waals surface area contributed by atoms with Gasteiger partial charge < -0.3 is 19.7 Å². The van der Waals surface area contributed by atoms with Crippen molar-refractivity contribution in [1.29, 1.82) is 0 Å². The molecule has 0 fully saturated rings. The van der Waals surface area contributed by atoms with Gasteiger partial charge in [-0.2, -0.15) is 11.8 Å². The number of rotatable bonds is 8. The third-order valence-electron chi connectivity index (χ3n) is 5.22. The van der Waals surface area contributed by atoms with E-state index in [0.29, 0.717) is 31.2 Å². The Morgan fingerprint density at radius 2 is 1.77 bits per heavy atom. The van der Waals surface area contributed by atoms with Crippen LogP contribution in [0.1, 0.15) is 28.9 Å². The Morgan fingerprint density at radius 3 is 2.37 bits per heavy atom. The molecule has 1 aliphatic heterocycles. The molecule has 0 saturated heterocycles. The lowest BCUT2D eigenvalue weighted by Gasteiger charge is -2.32. The molecule has 1 atom stereocenters. The highest BCUT2D eigenvalue weighted by atomic mass is 32.2. The van der Waals surface area contributed by atoms with E-state index in [9.17, 15) is 4.79 Å². The zero-order chi connectivity index (χ0) is 21.7. The summed E-state index contributed by atoms with van der Waals surface area (Å²) in [5.74, 6) is 2.88. The maximum atomic E-state index is 13.4. The number of hydrogen-bond acceptors (Lipinski definition) is 7. The second-order valence-electron chi connectivity index (χ2n) is 7.44. The molecule has 162 valence electrons. The van der Waals surface area contributed by atoms with Gasteiger partial charge in [-0.05, 0) is 68.0 Å². The SMILES string of the molecule is COc1cc2c(cc1OC)CN(C(=O)[C@H](CCSC)Nc1nc(C)cc(C)n1)CC2. The second-order valence-corrected chi connectivity index (χ2v) is 8.42. The minimum Gasteiger partial charge on any atom is -0.493 e. The summed E-state index contributed by atoms with van der Waals surface area (Å²) in [7, 11) is 3.27. The number of ether oxygens (including phenoxy) is 2. The van der Waals surface area contributed by atoms with Crippen molar-refractivity contribution in [1.82, 2.24) is 14.9 Å². The third kappa shape index (κ3) is 5.16. The quantitative estimate of drug-likeness (QED) is 0.689. The lowest BCUT2D eigenvalue weighted by Crippen LogP contribution is -2.45. The summed E-state index contributed by atoms with van der Waals surface area (Å²) in [5.41, 5.74) is 4.06. The van der Waals surface area contributed by atoms with Crippen molar-refractivity contribution < 1.29 is 14.3 Å². The predicted octanol–water partition coefficient (Wildman–Crippen LogP) is 3.23. The number of anilines is 1. The molecule has 3 rings (SSSR count). The van der Waals surface area contributed by atoms with Crippen LogP contribution in [0.15, 0.2) is 18.2 Å². The molecular weight excluding hydrogens is 400 g/mol. The average molecular weight is 431 g/mol. The van der Waals surface area contributed by atoms with E-state index >= 15 is 0 Å². The lowest BCUT2D eigenvalue weighted by atomic mass is 9.98. The van der Waals surface area contributed by atoms with Gasteiger partial charge in [-0.25, -0.2) is 9.97 Å². The Hall–Kier alpha value is -2.48. The van der Waals surface area contributed by atoms with Crippen LogP contribution in [-0.2, 0) is 17.8 Å². The number of hydrogen-bond donors (Lipinski definition) is 1. The van der Waals surface area contributed by atoms with E-state index < -0.39 is 0 Å². The van der Waals surface area contributed by atoms with Gasteiger partial charge in [0.05, 0.1) is 14.2 Å². The van der Waals surface area contributed by atoms with Crippen molar-refractivity contribution in [2.45, 2.75) is 39.3 Å². The molecule has 30 heavy (non-hydrogen) atoms. The molecule has 0 aliphatic carbocycles. The van der Waals surface area contributed by atoms with Crippen LogP contribution < -0.4 is 14.8 Å². The fourth-order valence-electron chi connectivity index (χ4n) is 3.73. The molecule has 1 aliphatic rings. The zero-order valence-electron chi connectivity index (χ0n) is 18.3. The maximum absolute atomic E-state index is 13.4. The molecule has 0 unspecified atom stereocenters. The Balaban J connectivity index is 1.79. The minimum atomic E-state index is -0.361. The average Bonchev–Trinajstić information content (AvgIpc) is 2.73. The van der Waals surface area contributed by atoms with Crippen LogP contribution in [0.4, 0.5) is 5.95 Å². The Bertz CT molecular complexity index is 886. The molecule has 2 heterocycles. The highest BCUT2D eigenvalue weighted by Crippen LogP contribution is 2.33. The van der Waals surface area contributed by atoms with Gasteiger partial charge >= 0.3 is 0 Å². The highest BCUT2D eigenvalue weighted by molar-refractivity contribution is 7.98. The highest BCUT2D eigenvalue weighted by Gasteiger charge is 2.28. The van der Waals surface area contributed by atoms with Crippen LogP contribution >= 0.6 is 11.8 Å². The summed E-state index contributed by atoms with van der Waals surface area (Å²) in [5, 5.41) is 3.29. The number of amides is 1. The Morgan fingerprint density at radius 1 is 1.13 bits per heavy atom. The number of aryl methyl sites for hydroxylation is 2. The number of benzene rings is 1. The first-order valence-corrected chi connectivity index (χ1v) is 11.4. The van der Waals surface area contributed by atoms with E-state index in [4.69, 9.17) is 9.47 Å². The Kier molecular flexibility index (Phi) is 7.42. The van der Waals surface area contributed by atoms with Gasteiger partial charge in [0.1, 0.15) is 6.04 Å². The molecule has 1 N–H and O–H groups in total. The second kappa shape index (κ2) is 10.0. The first-order valence-electron chi connectivity index (χ1n) is 10.1. The van der Waals surface area contributed by atoms with Crippen molar-refractivity contribution in [3.8, 4) is 11.5 Å². The van der Waals surface area contributed by atoms with Gasteiger partial charge in [-0.3, -0.25) is 4.79 Å². The summed E-state index contributed by atoms with van der Waals surface area (Å²) in [4.78, 5) is 24.2. The van der Waals surface area contributed by atoms with Crippen LogP contribution in [0.5, 0.6) is 11.5 Å². The van der Waals surface area contributed by atoms with E-state index in [0.717, 1.165) is 34.9 Å². The molecule has 1 aromatic heterocycles. The van der Waals surface area contributed by atoms with E-state index in [1.54, 1.807) is 26.0 Å². The first kappa shape index (κ1) is 22.2. The number of carbonyl (C=O) groups excluding carboxylic acids is 1. The van der Waals surface area contributed by atoms with Crippen molar-refractivity contribution >= 4 is 23.6 Å². The number of methoxy groups -OCH3 is 2. The predicted molar refractivity (Wildman–Crippen MR) is 121 cm³/mol. The van der Waals surface area contributed by atoms with E-state index in [1.807, 2.05) is 43.2 Å². The van der Waals surface area contributed by atoms with E-state index in [2.05, 4.69) is 15.3 Å². The fourth-order valence-corrected chi connectivity index (χ4v) is 4.20. The van der Waals surface area contributed by atoms with Crippen molar-refractivity contribution in [3.05, 3.63) is 40.7 Å². The molecule has 0 bridgehead atoms. The minimum absolute atomic E-state index is 0.0762. The Labute approximate surface area is 182 Å². The molecule has 0 saturated carbocycles. The number of carbonyl (C=O) groups is 1. The summed E-state index contributed by atoms with van der Waals surface area (Å²) in [6.45, 7) is 5.09. The number of aromatic nitrogens is 2. The van der Waals surface area contributed by atoms with Gasteiger partial charge in [-0.1, -0.05) is 0 Å². The van der Waals surface area contributed by atoms with Crippen molar-refractivity contribution in [2.75, 3.05) is 38.1 Å². The van der Waals surface area contributed by atoms with Crippen molar-refractivity contribution in [3.63, 3.8) is 0 Å². The van der Waals surface area contributed by atoms with E-state index in [-0.39, 0.29) is 11.9 Å². The van der Waals surface area contributed by atoms with Crippen LogP contribution in [0, 0.1) is 13.8 Å². The number of fused-ring (bicyclic) bond motifs is 1. The lowest BCUT2D eigenvalue weighted by molar-refractivity contribution is -0.133. The molecule has 0 radical (unpaired) electrons. The van der Waals surface area contributed by atoms with E-state index in [1.165, 1.54) is 5.56 Å². The van der Waals surface area contributed by atoms with Crippen LogP contribution in [-0.4, -0.2) is 59.6 Å². The van der Waals surface area contributed by atoms with Crippen LogP contribution in [0.25, 0.3) is 0 Å². The number of thioether (sulfide) groups is 1. The fraction of sp³-hybridized carbons (Fsp3) is 0.500. The summed E-state index contributed by atoms with van der Waals surface area (Å²) >= 11 is 1.73. The normalized spacial score (nSPS) is 14.1. The summed E-state index contributed by atoms with van der Waals surface area (Å²) in [6.07, 6.45) is 3.55. The van der Waals surface area contributed by atoms with Gasteiger partial charge in [0.2, 0.25) is 11.9 Å². The van der Waals surface area contributed by atoms with Crippen molar-refractivity contribution in [2.24, 2.45) is 0 Å². The van der Waals surface area contributed by atoms with Gasteiger partial charge in [-0.15, -0.1) is 0 Å². The molecule has 1 aromatic carbocycles. The molecule has 2 aromatic rings. The number of nitrogens with one attached hydrogen (secondary N) is 1. The van der Waals surface area contributed by atoms with Gasteiger partial charge in [0.25, 0.3) is 0 Å². The molecule has 8 heteroatoms. The van der Waals surface area contributed by atoms with Gasteiger partial charge in [0.15, 0.2) is 11.5 Å². The van der Waals surface area contributed by atoms with Crippen LogP contribution in [0.3, 0.4) is 0 Å².